The van der Waals surface area contributed by atoms with E-state index >= 15 is 0 Å². The van der Waals surface area contributed by atoms with Gasteiger partial charge in [-0.05, 0) is 90.6 Å². The maximum atomic E-state index is 12.6. The lowest BCUT2D eigenvalue weighted by molar-refractivity contribution is -0.274. The van der Waals surface area contributed by atoms with Crippen LogP contribution in [0.3, 0.4) is 0 Å². The fourth-order valence-electron chi connectivity index (χ4n) is 6.17. The van der Waals surface area contributed by atoms with Crippen molar-refractivity contribution in [3.63, 3.8) is 0 Å². The number of nitrogens with zero attached hydrogens (tertiary/aromatic N) is 5. The Balaban J connectivity index is 1.32. The molecule has 2 aromatic carbocycles. The van der Waals surface area contributed by atoms with Crippen LogP contribution in [0.2, 0.25) is 0 Å². The van der Waals surface area contributed by atoms with Crippen LogP contribution < -0.4 is 15.0 Å². The molecule has 1 aromatic heterocycles. The average Bonchev–Trinajstić information content (AvgIpc) is 3.43. The Bertz CT molecular complexity index is 1300. The molecule has 2 N–H and O–H groups in total. The van der Waals surface area contributed by atoms with Gasteiger partial charge < -0.3 is 9.64 Å². The minimum absolute atomic E-state index is 0.0479. The molecule has 1 spiro atoms. The van der Waals surface area contributed by atoms with Crippen LogP contribution in [0.1, 0.15) is 68.8 Å². The van der Waals surface area contributed by atoms with E-state index in [1.54, 1.807) is 24.3 Å². The third-order valence-corrected chi connectivity index (χ3v) is 8.60. The number of H-pyrrole nitrogens is 1. The summed E-state index contributed by atoms with van der Waals surface area (Å²) in [4.78, 5) is 17.3. The van der Waals surface area contributed by atoms with Gasteiger partial charge in [0.05, 0.1) is 6.67 Å². The molecule has 1 saturated carbocycles. The molecule has 2 heterocycles. The molecule has 1 amide bonds. The van der Waals surface area contributed by atoms with Crippen molar-refractivity contribution in [2.45, 2.75) is 71.3 Å². The van der Waals surface area contributed by atoms with Gasteiger partial charge >= 0.3 is 6.36 Å². The first-order valence-electron chi connectivity index (χ1n) is 13.9. The van der Waals surface area contributed by atoms with Crippen molar-refractivity contribution >= 4 is 17.5 Å². The van der Waals surface area contributed by atoms with Crippen LogP contribution >= 0.6 is 0 Å². The van der Waals surface area contributed by atoms with Crippen molar-refractivity contribution in [1.29, 1.82) is 0 Å². The number of aromatic nitrogens is 4. The van der Waals surface area contributed by atoms with Gasteiger partial charge in [0, 0.05) is 29.9 Å². The van der Waals surface area contributed by atoms with E-state index in [2.05, 4.69) is 61.2 Å². The predicted molar refractivity (Wildman–Crippen MR) is 148 cm³/mol. The Morgan fingerprint density at radius 1 is 1.05 bits per heavy atom. The molecule has 3 aromatic rings. The number of carbonyl (C=O) groups is 1. The fourth-order valence-corrected chi connectivity index (χ4v) is 6.17. The number of hydrogen-bond donors (Lipinski definition) is 2. The summed E-state index contributed by atoms with van der Waals surface area (Å²) >= 11 is 0. The fraction of sp³-hybridized carbons (Fsp3) is 0.517. The molecule has 0 atom stereocenters. The van der Waals surface area contributed by atoms with Gasteiger partial charge in [-0.25, -0.2) is 0 Å². The van der Waals surface area contributed by atoms with E-state index in [0.717, 1.165) is 37.1 Å². The number of ether oxygens (including phenoxy) is 1. The molecular weight excluding hydrogens is 535 g/mol. The largest absolute Gasteiger partial charge is 0.573 e. The van der Waals surface area contributed by atoms with Gasteiger partial charge in [0.25, 0.3) is 11.9 Å². The Labute approximate surface area is 237 Å². The highest BCUT2D eigenvalue weighted by Crippen LogP contribution is 2.47. The molecule has 0 unspecified atom stereocenters. The van der Waals surface area contributed by atoms with Gasteiger partial charge in [-0.3, -0.25) is 15.0 Å². The molecule has 12 heteroatoms. The number of carbonyl (C=O) groups excluding carboxylic acids is 1. The second kappa shape index (κ2) is 11.3. The predicted octanol–water partition coefficient (Wildman–Crippen LogP) is 6.00. The number of amides is 1. The molecule has 1 aliphatic heterocycles. The molecule has 1 aliphatic carbocycles. The summed E-state index contributed by atoms with van der Waals surface area (Å²) in [5.74, 6) is 0.233. The summed E-state index contributed by atoms with van der Waals surface area (Å²) in [6.45, 7) is 9.12. The first kappa shape index (κ1) is 28.8. The van der Waals surface area contributed by atoms with Gasteiger partial charge in [-0.15, -0.1) is 18.3 Å². The number of nitrogens with one attached hydrogen (secondary N) is 2. The SMILES string of the molecule is CC(C)(C)[C@H]1CC[C@@]2(CCN(c3ccc(OC(F)(F)F)cc3)CN2Cc2ccc(C(=O)Nc3nn[nH]n3)cc2)CC1. The van der Waals surface area contributed by atoms with Crippen LogP contribution in [0, 0.1) is 11.3 Å². The number of tetrazole rings is 1. The highest BCUT2D eigenvalue weighted by Gasteiger charge is 2.45. The maximum absolute atomic E-state index is 12.6. The molecule has 41 heavy (non-hydrogen) atoms. The summed E-state index contributed by atoms with van der Waals surface area (Å²) in [5.41, 5.74) is 2.74. The lowest BCUT2D eigenvalue weighted by Gasteiger charge is -2.55. The van der Waals surface area contributed by atoms with Crippen LogP contribution in [0.15, 0.2) is 48.5 Å². The van der Waals surface area contributed by atoms with E-state index in [1.165, 1.54) is 25.0 Å². The number of hydrogen-bond acceptors (Lipinski definition) is 7. The van der Waals surface area contributed by atoms with Gasteiger partial charge in [-0.1, -0.05) is 38.0 Å². The van der Waals surface area contributed by atoms with E-state index in [-0.39, 0.29) is 28.6 Å². The monoisotopic (exact) mass is 571 g/mol. The highest BCUT2D eigenvalue weighted by molar-refractivity contribution is 6.03. The highest BCUT2D eigenvalue weighted by atomic mass is 19.4. The number of benzene rings is 2. The van der Waals surface area contributed by atoms with Crippen LogP contribution in [0.4, 0.5) is 24.8 Å². The summed E-state index contributed by atoms with van der Waals surface area (Å²) in [6, 6.07) is 13.6. The lowest BCUT2D eigenvalue weighted by Crippen LogP contribution is -2.60. The van der Waals surface area contributed by atoms with Gasteiger partial charge in [0.15, 0.2) is 0 Å². The maximum Gasteiger partial charge on any atom is 0.573 e. The summed E-state index contributed by atoms with van der Waals surface area (Å²) < 4.78 is 42.0. The number of rotatable bonds is 6. The summed E-state index contributed by atoms with van der Waals surface area (Å²) in [5, 5.41) is 15.8. The first-order chi connectivity index (χ1) is 19.4. The van der Waals surface area contributed by atoms with Crippen LogP contribution in [-0.4, -0.2) is 56.5 Å². The van der Waals surface area contributed by atoms with Crippen molar-refractivity contribution in [3.8, 4) is 5.75 Å². The number of anilines is 2. The van der Waals surface area contributed by atoms with E-state index in [1.807, 2.05) is 12.1 Å². The van der Waals surface area contributed by atoms with Crippen molar-refractivity contribution in [1.82, 2.24) is 25.5 Å². The molecule has 9 nitrogen and oxygen atoms in total. The zero-order chi connectivity index (χ0) is 29.3. The smallest absolute Gasteiger partial charge is 0.406 e. The second-order valence-corrected chi connectivity index (χ2v) is 12.1. The third-order valence-electron chi connectivity index (χ3n) is 8.60. The van der Waals surface area contributed by atoms with Crippen LogP contribution in [-0.2, 0) is 6.54 Å². The zero-order valence-electron chi connectivity index (χ0n) is 23.5. The molecule has 2 fully saturated rings. The van der Waals surface area contributed by atoms with Crippen LogP contribution in [0.25, 0.3) is 0 Å². The zero-order valence-corrected chi connectivity index (χ0v) is 23.5. The van der Waals surface area contributed by atoms with Crippen LogP contribution in [0.5, 0.6) is 5.75 Å². The number of aromatic amines is 1. The van der Waals surface area contributed by atoms with E-state index in [4.69, 9.17) is 0 Å². The standard InChI is InChI=1S/C29H36F3N7O2/c1-27(2,3)22-12-14-28(15-13-22)16-17-38(23-8-10-24(11-9-23)41-29(30,31)32)19-39(28)18-20-4-6-21(7-5-20)25(40)33-26-34-36-37-35-26/h4-11,22H,12-19H2,1-3H3,(H2,33,34,35,36,37,40)/t22-,28-. The summed E-state index contributed by atoms with van der Waals surface area (Å²) in [7, 11) is 0. The number of halogens is 3. The Morgan fingerprint density at radius 3 is 2.32 bits per heavy atom. The van der Waals surface area contributed by atoms with E-state index in [0.29, 0.717) is 24.7 Å². The van der Waals surface area contributed by atoms with Crippen molar-refractivity contribution < 1.29 is 22.7 Å². The quantitative estimate of drug-likeness (QED) is 0.375. The first-order valence-corrected chi connectivity index (χ1v) is 13.9. The van der Waals surface area contributed by atoms with Crippen molar-refractivity contribution in [2.24, 2.45) is 11.3 Å². The van der Waals surface area contributed by atoms with Gasteiger partial charge in [0.1, 0.15) is 5.75 Å². The third kappa shape index (κ3) is 6.98. The van der Waals surface area contributed by atoms with Crippen molar-refractivity contribution in [2.75, 3.05) is 23.4 Å². The van der Waals surface area contributed by atoms with Gasteiger partial charge in [-0.2, -0.15) is 5.21 Å². The average molecular weight is 572 g/mol. The molecular formula is C29H36F3N7O2. The number of alkyl halides is 3. The normalized spacial score (nSPS) is 22.1. The molecule has 220 valence electrons. The summed E-state index contributed by atoms with van der Waals surface area (Å²) in [6.07, 6.45) is 0.789. The second-order valence-electron chi connectivity index (χ2n) is 12.1. The minimum atomic E-state index is -4.72. The Hall–Kier alpha value is -3.67. The molecule has 0 radical (unpaired) electrons. The molecule has 0 bridgehead atoms. The molecule has 2 aliphatic rings. The minimum Gasteiger partial charge on any atom is -0.406 e. The topological polar surface area (TPSA) is 99.3 Å². The Kier molecular flexibility index (Phi) is 7.95. The Morgan fingerprint density at radius 2 is 1.73 bits per heavy atom. The van der Waals surface area contributed by atoms with E-state index in [9.17, 15) is 18.0 Å². The molecule has 1 saturated heterocycles. The van der Waals surface area contributed by atoms with E-state index < -0.39 is 6.36 Å². The lowest BCUT2D eigenvalue weighted by atomic mass is 9.65. The van der Waals surface area contributed by atoms with Crippen molar-refractivity contribution in [3.05, 3.63) is 59.7 Å². The van der Waals surface area contributed by atoms with Gasteiger partial charge in [0.2, 0.25) is 0 Å². The molecule has 5 rings (SSSR count).